The number of hydrogen-bond acceptors (Lipinski definition) is 6. The maximum atomic E-state index is 12.7. The lowest BCUT2D eigenvalue weighted by atomic mass is 10.2. The first-order chi connectivity index (χ1) is 17.8. The summed E-state index contributed by atoms with van der Waals surface area (Å²) in [6.07, 6.45) is 3.46. The highest BCUT2D eigenvalue weighted by atomic mass is 32.2. The molecule has 1 amide bonds. The number of para-hydroxylation sites is 1. The number of rotatable bonds is 9. The SMILES string of the molecule is O=C(CSc1nnc(-c2cccnc2)n1-c1ccccc1)Nc1ccc(OCc2ccccc2)cc1. The summed E-state index contributed by atoms with van der Waals surface area (Å²) < 4.78 is 7.75. The fourth-order valence-electron chi connectivity index (χ4n) is 3.56. The zero-order valence-corrected chi connectivity index (χ0v) is 20.1. The average Bonchev–Trinajstić information content (AvgIpc) is 3.37. The van der Waals surface area contributed by atoms with Crippen LogP contribution >= 0.6 is 11.8 Å². The lowest BCUT2D eigenvalue weighted by Gasteiger charge is -2.10. The quantitative estimate of drug-likeness (QED) is 0.268. The van der Waals surface area contributed by atoms with Gasteiger partial charge >= 0.3 is 0 Å². The van der Waals surface area contributed by atoms with Crippen molar-refractivity contribution in [1.29, 1.82) is 0 Å². The van der Waals surface area contributed by atoms with Gasteiger partial charge in [-0.3, -0.25) is 14.3 Å². The normalized spacial score (nSPS) is 10.7. The molecule has 5 rings (SSSR count). The molecule has 0 aliphatic rings. The molecule has 0 atom stereocenters. The minimum absolute atomic E-state index is 0.136. The molecule has 0 aliphatic carbocycles. The molecule has 0 aliphatic heterocycles. The first-order valence-electron chi connectivity index (χ1n) is 11.4. The predicted octanol–water partition coefficient (Wildman–Crippen LogP) is 5.64. The van der Waals surface area contributed by atoms with Crippen molar-refractivity contribution in [1.82, 2.24) is 19.7 Å². The second kappa shape index (κ2) is 11.3. The molecule has 0 unspecified atom stereocenters. The molecule has 2 aromatic heterocycles. The van der Waals surface area contributed by atoms with Crippen molar-refractivity contribution >= 4 is 23.4 Å². The van der Waals surface area contributed by atoms with E-state index in [1.54, 1.807) is 12.4 Å². The number of hydrogen-bond donors (Lipinski definition) is 1. The van der Waals surface area contributed by atoms with Crippen molar-refractivity contribution in [3.63, 3.8) is 0 Å². The lowest BCUT2D eigenvalue weighted by Crippen LogP contribution is -2.14. The molecule has 1 N–H and O–H groups in total. The zero-order valence-electron chi connectivity index (χ0n) is 19.3. The van der Waals surface area contributed by atoms with E-state index in [4.69, 9.17) is 4.74 Å². The number of ether oxygens (including phenoxy) is 1. The van der Waals surface area contributed by atoms with E-state index in [9.17, 15) is 4.79 Å². The van der Waals surface area contributed by atoms with Crippen LogP contribution in [0.25, 0.3) is 17.1 Å². The molecule has 0 saturated carbocycles. The molecule has 0 radical (unpaired) electrons. The summed E-state index contributed by atoms with van der Waals surface area (Å²) in [4.78, 5) is 16.9. The second-order valence-corrected chi connectivity index (χ2v) is 8.80. The third kappa shape index (κ3) is 5.79. The molecule has 0 saturated heterocycles. The summed E-state index contributed by atoms with van der Waals surface area (Å²) in [6, 6.07) is 30.9. The number of pyridine rings is 1. The van der Waals surface area contributed by atoms with Gasteiger partial charge in [0.25, 0.3) is 0 Å². The topological polar surface area (TPSA) is 81.9 Å². The Labute approximate surface area is 213 Å². The number of carbonyl (C=O) groups excluding carboxylic acids is 1. The molecular formula is C28H23N5O2S. The van der Waals surface area contributed by atoms with Crippen LogP contribution in [0.4, 0.5) is 5.69 Å². The highest BCUT2D eigenvalue weighted by Crippen LogP contribution is 2.27. The Morgan fingerprint density at radius 1 is 0.861 bits per heavy atom. The highest BCUT2D eigenvalue weighted by molar-refractivity contribution is 7.99. The van der Waals surface area contributed by atoms with Crippen molar-refractivity contribution in [3.8, 4) is 22.8 Å². The van der Waals surface area contributed by atoms with Gasteiger partial charge in [0.2, 0.25) is 5.91 Å². The average molecular weight is 494 g/mol. The fourth-order valence-corrected chi connectivity index (χ4v) is 4.31. The van der Waals surface area contributed by atoms with Crippen molar-refractivity contribution < 1.29 is 9.53 Å². The van der Waals surface area contributed by atoms with Gasteiger partial charge in [-0.2, -0.15) is 0 Å². The Balaban J connectivity index is 1.23. The zero-order chi connectivity index (χ0) is 24.6. The maximum absolute atomic E-state index is 12.7. The molecule has 0 bridgehead atoms. The molecule has 5 aromatic rings. The third-order valence-electron chi connectivity index (χ3n) is 5.29. The first kappa shape index (κ1) is 23.3. The van der Waals surface area contributed by atoms with Gasteiger partial charge in [-0.15, -0.1) is 10.2 Å². The van der Waals surface area contributed by atoms with Crippen molar-refractivity contribution in [3.05, 3.63) is 115 Å². The Bertz CT molecular complexity index is 1410. The molecule has 2 heterocycles. The minimum Gasteiger partial charge on any atom is -0.489 e. The Morgan fingerprint density at radius 2 is 1.61 bits per heavy atom. The van der Waals surface area contributed by atoms with Crippen LogP contribution in [0.2, 0.25) is 0 Å². The van der Waals surface area contributed by atoms with Gasteiger partial charge in [-0.05, 0) is 54.1 Å². The van der Waals surface area contributed by atoms with Gasteiger partial charge in [0.1, 0.15) is 12.4 Å². The number of amides is 1. The number of nitrogens with one attached hydrogen (secondary N) is 1. The van der Waals surface area contributed by atoms with E-state index in [1.165, 1.54) is 11.8 Å². The smallest absolute Gasteiger partial charge is 0.234 e. The molecule has 7 nitrogen and oxygen atoms in total. The van der Waals surface area contributed by atoms with Crippen LogP contribution in [0.3, 0.4) is 0 Å². The maximum Gasteiger partial charge on any atom is 0.234 e. The lowest BCUT2D eigenvalue weighted by molar-refractivity contribution is -0.113. The molecule has 3 aromatic carbocycles. The van der Waals surface area contributed by atoms with Gasteiger partial charge < -0.3 is 10.1 Å². The minimum atomic E-state index is -0.136. The van der Waals surface area contributed by atoms with Crippen LogP contribution in [0.5, 0.6) is 5.75 Å². The number of aromatic nitrogens is 4. The van der Waals surface area contributed by atoms with Crippen molar-refractivity contribution in [2.75, 3.05) is 11.1 Å². The van der Waals surface area contributed by atoms with E-state index in [-0.39, 0.29) is 11.7 Å². The van der Waals surface area contributed by atoms with Crippen LogP contribution in [-0.4, -0.2) is 31.4 Å². The number of benzene rings is 3. The summed E-state index contributed by atoms with van der Waals surface area (Å²) in [7, 11) is 0. The molecule has 36 heavy (non-hydrogen) atoms. The van der Waals surface area contributed by atoms with E-state index in [0.29, 0.717) is 23.3 Å². The predicted molar refractivity (Wildman–Crippen MR) is 141 cm³/mol. The highest BCUT2D eigenvalue weighted by Gasteiger charge is 2.17. The van der Waals surface area contributed by atoms with E-state index in [0.717, 1.165) is 22.6 Å². The summed E-state index contributed by atoms with van der Waals surface area (Å²) in [5, 5.41) is 12.3. The first-order valence-corrected chi connectivity index (χ1v) is 12.4. The molecular weight excluding hydrogens is 470 g/mol. The van der Waals surface area contributed by atoms with E-state index in [1.807, 2.05) is 102 Å². The number of carbonyl (C=O) groups is 1. The Hall–Kier alpha value is -4.43. The van der Waals surface area contributed by atoms with E-state index in [2.05, 4.69) is 20.5 Å². The fraction of sp³-hybridized carbons (Fsp3) is 0.0714. The van der Waals surface area contributed by atoms with Crippen LogP contribution < -0.4 is 10.1 Å². The molecule has 0 fully saturated rings. The summed E-state index contributed by atoms with van der Waals surface area (Å²) in [6.45, 7) is 0.492. The van der Waals surface area contributed by atoms with Crippen LogP contribution in [0.15, 0.2) is 115 Å². The van der Waals surface area contributed by atoms with Gasteiger partial charge in [0.05, 0.1) is 5.75 Å². The number of nitrogens with zero attached hydrogens (tertiary/aromatic N) is 4. The van der Waals surface area contributed by atoms with Gasteiger partial charge in [-0.25, -0.2) is 0 Å². The monoisotopic (exact) mass is 493 g/mol. The molecule has 8 heteroatoms. The summed E-state index contributed by atoms with van der Waals surface area (Å²) >= 11 is 1.33. The second-order valence-electron chi connectivity index (χ2n) is 7.85. The van der Waals surface area contributed by atoms with Crippen molar-refractivity contribution in [2.24, 2.45) is 0 Å². The Kier molecular flexibility index (Phi) is 7.34. The Morgan fingerprint density at radius 3 is 2.33 bits per heavy atom. The third-order valence-corrected chi connectivity index (χ3v) is 6.22. The molecule has 0 spiro atoms. The van der Waals surface area contributed by atoms with Crippen LogP contribution in [0.1, 0.15) is 5.56 Å². The number of anilines is 1. The number of thioether (sulfide) groups is 1. The van der Waals surface area contributed by atoms with Gasteiger partial charge in [0.15, 0.2) is 11.0 Å². The molecule has 178 valence electrons. The van der Waals surface area contributed by atoms with Crippen LogP contribution in [-0.2, 0) is 11.4 Å². The van der Waals surface area contributed by atoms with Gasteiger partial charge in [-0.1, -0.05) is 60.3 Å². The van der Waals surface area contributed by atoms with E-state index >= 15 is 0 Å². The standard InChI is InChI=1S/C28H23N5O2S/c34-26(30-23-13-15-25(16-14-23)35-19-21-8-3-1-4-9-21)20-36-28-32-31-27(22-10-7-17-29-18-22)33(28)24-11-5-2-6-12-24/h1-18H,19-20H2,(H,30,34). The van der Waals surface area contributed by atoms with Crippen molar-refractivity contribution in [2.45, 2.75) is 11.8 Å². The largest absolute Gasteiger partial charge is 0.489 e. The summed E-state index contributed by atoms with van der Waals surface area (Å²) in [5.74, 6) is 1.46. The van der Waals surface area contributed by atoms with E-state index < -0.39 is 0 Å². The summed E-state index contributed by atoms with van der Waals surface area (Å²) in [5.41, 5.74) is 3.56. The van der Waals surface area contributed by atoms with Gasteiger partial charge in [0, 0.05) is 29.3 Å². The van der Waals surface area contributed by atoms with Crippen LogP contribution in [0, 0.1) is 0 Å².